The van der Waals surface area contributed by atoms with Crippen molar-refractivity contribution in [3.05, 3.63) is 0 Å². The van der Waals surface area contributed by atoms with Gasteiger partial charge < -0.3 is 15.7 Å². The van der Waals surface area contributed by atoms with Gasteiger partial charge in [0.25, 0.3) is 0 Å². The molecule has 100 valence electrons. The molecule has 0 aromatic heterocycles. The van der Waals surface area contributed by atoms with Crippen LogP contribution >= 0.6 is 0 Å². The number of nitrogens with two attached hydrogens (primary N) is 1. The van der Waals surface area contributed by atoms with Crippen LogP contribution < -0.4 is 5.73 Å². The Morgan fingerprint density at radius 1 is 1.35 bits per heavy atom. The smallest absolute Gasteiger partial charge is 0.225 e. The van der Waals surface area contributed by atoms with Crippen LogP contribution in [-0.2, 0) is 4.79 Å². The minimum absolute atomic E-state index is 0.0601. The lowest BCUT2D eigenvalue weighted by Crippen LogP contribution is -2.45. The maximum atomic E-state index is 12.3. The maximum Gasteiger partial charge on any atom is 0.225 e. The molecule has 0 aromatic carbocycles. The number of nitrogens with zero attached hydrogens (tertiary/aromatic N) is 1. The zero-order valence-corrected chi connectivity index (χ0v) is 11.2. The molecule has 1 aliphatic rings. The van der Waals surface area contributed by atoms with Gasteiger partial charge in [0.2, 0.25) is 5.91 Å². The van der Waals surface area contributed by atoms with Gasteiger partial charge in [-0.15, -0.1) is 0 Å². The summed E-state index contributed by atoms with van der Waals surface area (Å²) in [5.74, 6) is 1.17. The van der Waals surface area contributed by atoms with Gasteiger partial charge in [0.05, 0.1) is 0 Å². The normalized spacial score (nSPS) is 33.5. The summed E-state index contributed by atoms with van der Waals surface area (Å²) in [6, 6.07) is 0.145. The Morgan fingerprint density at radius 3 is 2.59 bits per heavy atom. The van der Waals surface area contributed by atoms with Gasteiger partial charge in [-0.3, -0.25) is 4.79 Å². The fourth-order valence-corrected chi connectivity index (χ4v) is 2.73. The van der Waals surface area contributed by atoms with Crippen molar-refractivity contribution in [2.75, 3.05) is 20.2 Å². The molecule has 0 radical (unpaired) electrons. The number of aliphatic hydroxyl groups is 1. The average Bonchev–Trinajstić information content (AvgIpc) is 2.29. The van der Waals surface area contributed by atoms with Crippen LogP contribution in [0, 0.1) is 17.8 Å². The monoisotopic (exact) mass is 242 g/mol. The minimum atomic E-state index is 0.0601. The van der Waals surface area contributed by atoms with Crippen LogP contribution in [0.1, 0.15) is 33.1 Å². The molecule has 4 atom stereocenters. The summed E-state index contributed by atoms with van der Waals surface area (Å²) in [5.41, 5.74) is 6.06. The van der Waals surface area contributed by atoms with Gasteiger partial charge in [-0.2, -0.15) is 0 Å². The summed E-state index contributed by atoms with van der Waals surface area (Å²) < 4.78 is 0. The molecule has 1 fully saturated rings. The molecule has 0 heterocycles. The number of hydrogen-bond acceptors (Lipinski definition) is 3. The van der Waals surface area contributed by atoms with E-state index in [0.29, 0.717) is 24.8 Å². The van der Waals surface area contributed by atoms with E-state index in [2.05, 4.69) is 13.8 Å². The first-order valence-electron chi connectivity index (χ1n) is 6.58. The minimum Gasteiger partial charge on any atom is -0.396 e. The van der Waals surface area contributed by atoms with E-state index < -0.39 is 0 Å². The first-order chi connectivity index (χ1) is 7.97. The van der Waals surface area contributed by atoms with Gasteiger partial charge in [-0.05, 0) is 31.1 Å². The molecule has 4 heteroatoms. The van der Waals surface area contributed by atoms with E-state index in [4.69, 9.17) is 10.8 Å². The van der Waals surface area contributed by atoms with Crippen LogP contribution in [0.2, 0.25) is 0 Å². The lowest BCUT2D eigenvalue weighted by Gasteiger charge is -2.37. The zero-order chi connectivity index (χ0) is 13.0. The zero-order valence-electron chi connectivity index (χ0n) is 11.2. The van der Waals surface area contributed by atoms with Gasteiger partial charge >= 0.3 is 0 Å². The summed E-state index contributed by atoms with van der Waals surface area (Å²) in [5, 5.41) is 8.78. The summed E-state index contributed by atoms with van der Waals surface area (Å²) in [6.07, 6.45) is 2.47. The van der Waals surface area contributed by atoms with Gasteiger partial charge in [-0.25, -0.2) is 0 Å². The predicted octanol–water partition coefficient (Wildman–Crippen LogP) is 0.837. The molecular formula is C13H26N2O2. The number of amides is 1. The van der Waals surface area contributed by atoms with Crippen LogP contribution in [0.3, 0.4) is 0 Å². The van der Waals surface area contributed by atoms with E-state index in [-0.39, 0.29) is 24.5 Å². The number of carbonyl (C=O) groups excluding carboxylic acids is 1. The summed E-state index contributed by atoms with van der Waals surface area (Å²) in [6.45, 7) is 5.07. The largest absolute Gasteiger partial charge is 0.396 e. The molecule has 1 saturated carbocycles. The molecule has 3 N–H and O–H groups in total. The van der Waals surface area contributed by atoms with Crippen molar-refractivity contribution in [1.82, 2.24) is 4.90 Å². The number of rotatable bonds is 4. The highest BCUT2D eigenvalue weighted by molar-refractivity contribution is 5.79. The highest BCUT2D eigenvalue weighted by Gasteiger charge is 2.36. The number of aliphatic hydroxyl groups excluding tert-OH is 1. The van der Waals surface area contributed by atoms with Crippen molar-refractivity contribution in [2.24, 2.45) is 23.5 Å². The fraction of sp³-hybridized carbons (Fsp3) is 0.923. The van der Waals surface area contributed by atoms with Crippen molar-refractivity contribution in [3.8, 4) is 0 Å². The first kappa shape index (κ1) is 14.5. The van der Waals surface area contributed by atoms with Crippen LogP contribution in [0.5, 0.6) is 0 Å². The van der Waals surface area contributed by atoms with Gasteiger partial charge in [0.15, 0.2) is 0 Å². The Balaban J connectivity index is 2.56. The third-order valence-electron chi connectivity index (χ3n) is 4.03. The Labute approximate surface area is 104 Å². The van der Waals surface area contributed by atoms with Crippen LogP contribution in [-0.4, -0.2) is 42.2 Å². The molecule has 1 amide bonds. The summed E-state index contributed by atoms with van der Waals surface area (Å²) in [4.78, 5) is 14.0. The summed E-state index contributed by atoms with van der Waals surface area (Å²) in [7, 11) is 1.81. The van der Waals surface area contributed by atoms with E-state index in [0.717, 1.165) is 12.8 Å². The van der Waals surface area contributed by atoms with Crippen molar-refractivity contribution in [2.45, 2.75) is 39.2 Å². The highest BCUT2D eigenvalue weighted by Crippen LogP contribution is 2.33. The SMILES string of the molecule is CC1CC(C)C(C(=O)N(C)CCCO)CC1N. The average molecular weight is 242 g/mol. The summed E-state index contributed by atoms with van der Waals surface area (Å²) >= 11 is 0. The Kier molecular flexibility index (Phi) is 5.40. The van der Waals surface area contributed by atoms with E-state index in [1.165, 1.54) is 0 Å². The quantitative estimate of drug-likeness (QED) is 0.767. The highest BCUT2D eigenvalue weighted by atomic mass is 16.3. The van der Waals surface area contributed by atoms with E-state index in [1.54, 1.807) is 4.90 Å². The second kappa shape index (κ2) is 6.36. The Bertz CT molecular complexity index is 258. The standard InChI is InChI=1S/C13H26N2O2/c1-9-7-10(2)12(14)8-11(9)13(17)15(3)5-4-6-16/h9-12,16H,4-8,14H2,1-3H3. The lowest BCUT2D eigenvalue weighted by molar-refractivity contribution is -0.137. The molecule has 1 aliphatic carbocycles. The molecular weight excluding hydrogens is 216 g/mol. The van der Waals surface area contributed by atoms with Crippen molar-refractivity contribution in [3.63, 3.8) is 0 Å². The van der Waals surface area contributed by atoms with Gasteiger partial charge in [-0.1, -0.05) is 13.8 Å². The fourth-order valence-electron chi connectivity index (χ4n) is 2.73. The molecule has 4 nitrogen and oxygen atoms in total. The predicted molar refractivity (Wildman–Crippen MR) is 68.4 cm³/mol. The van der Waals surface area contributed by atoms with E-state index >= 15 is 0 Å². The van der Waals surface area contributed by atoms with E-state index in [9.17, 15) is 4.79 Å². The maximum absolute atomic E-state index is 12.3. The van der Waals surface area contributed by atoms with Crippen LogP contribution in [0.15, 0.2) is 0 Å². The Hall–Kier alpha value is -0.610. The molecule has 0 aromatic rings. The number of carbonyl (C=O) groups is 1. The van der Waals surface area contributed by atoms with Crippen molar-refractivity contribution >= 4 is 5.91 Å². The molecule has 1 rings (SSSR count). The molecule has 0 saturated heterocycles. The first-order valence-corrected chi connectivity index (χ1v) is 6.58. The Morgan fingerprint density at radius 2 is 2.00 bits per heavy atom. The lowest BCUT2D eigenvalue weighted by atomic mass is 9.72. The van der Waals surface area contributed by atoms with Crippen LogP contribution in [0.25, 0.3) is 0 Å². The second-order valence-corrected chi connectivity index (χ2v) is 5.53. The van der Waals surface area contributed by atoms with E-state index in [1.807, 2.05) is 7.05 Å². The molecule has 0 bridgehead atoms. The third-order valence-corrected chi connectivity index (χ3v) is 4.03. The van der Waals surface area contributed by atoms with Crippen LogP contribution in [0.4, 0.5) is 0 Å². The molecule has 17 heavy (non-hydrogen) atoms. The van der Waals surface area contributed by atoms with Crippen molar-refractivity contribution in [1.29, 1.82) is 0 Å². The molecule has 0 aliphatic heterocycles. The van der Waals surface area contributed by atoms with Crippen molar-refractivity contribution < 1.29 is 9.90 Å². The molecule has 0 spiro atoms. The molecule has 4 unspecified atom stereocenters. The third kappa shape index (κ3) is 3.68. The second-order valence-electron chi connectivity index (χ2n) is 5.53. The van der Waals surface area contributed by atoms with Gasteiger partial charge in [0, 0.05) is 32.2 Å². The number of hydrogen-bond donors (Lipinski definition) is 2. The van der Waals surface area contributed by atoms with Gasteiger partial charge in [0.1, 0.15) is 0 Å². The topological polar surface area (TPSA) is 66.6 Å².